The number of hydrogen-bond donors (Lipinski definition) is 2. The van der Waals surface area contributed by atoms with E-state index in [9.17, 15) is 19.2 Å². The highest BCUT2D eigenvalue weighted by molar-refractivity contribution is 6.40. The minimum Gasteiger partial charge on any atom is -0.494 e. The molecular formula is C31H32N4O7. The Balaban J connectivity index is 1.26. The van der Waals surface area contributed by atoms with E-state index < -0.39 is 17.8 Å². The highest BCUT2D eigenvalue weighted by atomic mass is 16.5. The molecule has 0 aliphatic carbocycles. The number of morpholine rings is 1. The summed E-state index contributed by atoms with van der Waals surface area (Å²) >= 11 is 0. The molecule has 1 heterocycles. The Hall–Kier alpha value is -5.03. The van der Waals surface area contributed by atoms with Crippen LogP contribution in [-0.4, -0.2) is 67.7 Å². The van der Waals surface area contributed by atoms with E-state index in [2.05, 4.69) is 22.8 Å². The summed E-state index contributed by atoms with van der Waals surface area (Å²) in [5, 5.41) is 6.29. The first-order valence-electron chi connectivity index (χ1n) is 13.6. The van der Waals surface area contributed by atoms with E-state index in [1.54, 1.807) is 77.7 Å². The molecule has 1 fully saturated rings. The van der Waals surface area contributed by atoms with Crippen molar-refractivity contribution in [2.45, 2.75) is 19.8 Å². The minimum atomic E-state index is -1.01. The van der Waals surface area contributed by atoms with Crippen LogP contribution in [0.15, 0.2) is 77.9 Å². The molecule has 42 heavy (non-hydrogen) atoms. The van der Waals surface area contributed by atoms with Gasteiger partial charge in [0, 0.05) is 13.1 Å². The Morgan fingerprint density at radius 3 is 2.31 bits per heavy atom. The van der Waals surface area contributed by atoms with E-state index in [-0.39, 0.29) is 17.2 Å². The summed E-state index contributed by atoms with van der Waals surface area (Å²) in [7, 11) is 0. The van der Waals surface area contributed by atoms with Crippen LogP contribution in [0.25, 0.3) is 0 Å². The normalized spacial score (nSPS) is 12.9. The number of hydrogen-bond acceptors (Lipinski definition) is 8. The molecule has 0 unspecified atom stereocenters. The summed E-state index contributed by atoms with van der Waals surface area (Å²) in [5.74, 6) is -1.73. The molecule has 2 N–H and O–H groups in total. The van der Waals surface area contributed by atoms with Gasteiger partial charge in [-0.3, -0.25) is 14.4 Å². The topological polar surface area (TPSA) is 136 Å². The maximum absolute atomic E-state index is 12.9. The Labute approximate surface area is 243 Å². The molecule has 0 spiro atoms. The van der Waals surface area contributed by atoms with Gasteiger partial charge in [-0.25, -0.2) is 10.2 Å². The van der Waals surface area contributed by atoms with Gasteiger partial charge < -0.3 is 24.4 Å². The van der Waals surface area contributed by atoms with E-state index in [0.29, 0.717) is 55.5 Å². The molecular weight excluding hydrogens is 540 g/mol. The Kier molecular flexibility index (Phi) is 10.8. The lowest BCUT2D eigenvalue weighted by atomic mass is 10.1. The molecule has 3 amide bonds. The zero-order valence-corrected chi connectivity index (χ0v) is 23.2. The molecule has 1 aliphatic heterocycles. The fourth-order valence-corrected chi connectivity index (χ4v) is 3.92. The van der Waals surface area contributed by atoms with Crippen molar-refractivity contribution in [1.29, 1.82) is 0 Å². The van der Waals surface area contributed by atoms with Gasteiger partial charge in [0.2, 0.25) is 0 Å². The van der Waals surface area contributed by atoms with E-state index >= 15 is 0 Å². The number of carbonyl (C=O) groups excluding carboxylic acids is 4. The molecule has 218 valence electrons. The fourth-order valence-electron chi connectivity index (χ4n) is 3.92. The van der Waals surface area contributed by atoms with Gasteiger partial charge in [0.1, 0.15) is 11.5 Å². The van der Waals surface area contributed by atoms with Crippen LogP contribution in [0.1, 0.15) is 46.0 Å². The Morgan fingerprint density at radius 1 is 0.905 bits per heavy atom. The van der Waals surface area contributed by atoms with Crippen molar-refractivity contribution < 1.29 is 33.4 Å². The quantitative estimate of drug-likeness (QED) is 0.0946. The number of nitrogens with zero attached hydrogens (tertiary/aromatic N) is 2. The lowest BCUT2D eigenvalue weighted by Gasteiger charge is -2.27. The molecule has 0 radical (unpaired) electrons. The monoisotopic (exact) mass is 572 g/mol. The second-order valence-corrected chi connectivity index (χ2v) is 9.29. The average Bonchev–Trinajstić information content (AvgIpc) is 3.02. The van der Waals surface area contributed by atoms with E-state index in [4.69, 9.17) is 14.2 Å². The van der Waals surface area contributed by atoms with Crippen molar-refractivity contribution in [2.75, 3.05) is 38.2 Å². The van der Waals surface area contributed by atoms with Crippen LogP contribution < -0.4 is 20.2 Å². The van der Waals surface area contributed by atoms with Crippen LogP contribution in [0, 0.1) is 0 Å². The van der Waals surface area contributed by atoms with Crippen LogP contribution in [0.2, 0.25) is 0 Å². The number of nitrogens with one attached hydrogen (secondary N) is 2. The number of esters is 1. The van der Waals surface area contributed by atoms with Gasteiger partial charge in [0.25, 0.3) is 5.91 Å². The zero-order chi connectivity index (χ0) is 29.7. The minimum absolute atomic E-state index is 0.222. The van der Waals surface area contributed by atoms with Crippen molar-refractivity contribution in [3.05, 3.63) is 89.5 Å². The SMILES string of the molecule is CCCCOc1ccc(C(=O)Oc2ccc(/C=N\NC(=O)C(=O)Nc3ccccc3C(=O)N3CCOCC3)cc2)cc1. The van der Waals surface area contributed by atoms with E-state index in [0.717, 1.165) is 12.8 Å². The van der Waals surface area contributed by atoms with Crippen molar-refractivity contribution in [3.63, 3.8) is 0 Å². The van der Waals surface area contributed by atoms with Gasteiger partial charge in [-0.1, -0.05) is 25.5 Å². The van der Waals surface area contributed by atoms with Crippen LogP contribution in [0.3, 0.4) is 0 Å². The Morgan fingerprint density at radius 2 is 1.60 bits per heavy atom. The number of ether oxygens (including phenoxy) is 3. The summed E-state index contributed by atoms with van der Waals surface area (Å²) in [6, 6.07) is 19.6. The summed E-state index contributed by atoms with van der Waals surface area (Å²) in [6.07, 6.45) is 3.33. The third-order valence-corrected chi connectivity index (χ3v) is 6.24. The number of carbonyl (C=O) groups is 4. The highest BCUT2D eigenvalue weighted by Crippen LogP contribution is 2.19. The fraction of sp³-hybridized carbons (Fsp3) is 0.258. The first kappa shape index (κ1) is 29.9. The summed E-state index contributed by atoms with van der Waals surface area (Å²) in [6.45, 7) is 4.49. The van der Waals surface area contributed by atoms with Gasteiger partial charge in [0.15, 0.2) is 0 Å². The lowest BCUT2D eigenvalue weighted by molar-refractivity contribution is -0.136. The van der Waals surface area contributed by atoms with Crippen LogP contribution in [0.4, 0.5) is 5.69 Å². The second kappa shape index (κ2) is 15.1. The van der Waals surface area contributed by atoms with Crippen LogP contribution in [-0.2, 0) is 14.3 Å². The Bertz CT molecular complexity index is 1420. The predicted molar refractivity (Wildman–Crippen MR) is 156 cm³/mol. The average molecular weight is 573 g/mol. The maximum atomic E-state index is 12.9. The number of benzene rings is 3. The van der Waals surface area contributed by atoms with Crippen LogP contribution in [0.5, 0.6) is 11.5 Å². The number of amides is 3. The molecule has 11 nitrogen and oxygen atoms in total. The smallest absolute Gasteiger partial charge is 0.343 e. The number of rotatable bonds is 10. The summed E-state index contributed by atoms with van der Waals surface area (Å²) in [5.41, 5.74) is 3.64. The number of hydrazone groups is 1. The molecule has 0 atom stereocenters. The zero-order valence-electron chi connectivity index (χ0n) is 23.2. The van der Waals surface area contributed by atoms with Crippen molar-refractivity contribution >= 4 is 35.6 Å². The lowest BCUT2D eigenvalue weighted by Crippen LogP contribution is -2.41. The molecule has 4 rings (SSSR count). The number of anilines is 1. The summed E-state index contributed by atoms with van der Waals surface area (Å²) < 4.78 is 16.3. The number of unbranched alkanes of at least 4 members (excludes halogenated alkanes) is 1. The van der Waals surface area contributed by atoms with Gasteiger partial charge in [-0.05, 0) is 72.6 Å². The van der Waals surface area contributed by atoms with Crippen molar-refractivity contribution in [2.24, 2.45) is 5.10 Å². The molecule has 1 saturated heterocycles. The molecule has 0 bridgehead atoms. The first-order chi connectivity index (χ1) is 20.4. The number of para-hydroxylation sites is 1. The van der Waals surface area contributed by atoms with Gasteiger partial charge in [0.05, 0.1) is 42.8 Å². The van der Waals surface area contributed by atoms with E-state index in [1.165, 1.54) is 6.21 Å². The van der Waals surface area contributed by atoms with Crippen molar-refractivity contribution in [1.82, 2.24) is 10.3 Å². The maximum Gasteiger partial charge on any atom is 0.343 e. The van der Waals surface area contributed by atoms with Crippen LogP contribution >= 0.6 is 0 Å². The van der Waals surface area contributed by atoms with E-state index in [1.807, 2.05) is 0 Å². The largest absolute Gasteiger partial charge is 0.494 e. The standard InChI is InChI=1S/C31H32N4O7/c1-2-3-18-41-24-14-10-23(11-15-24)31(39)42-25-12-8-22(9-13-25)21-32-34-29(37)28(36)33-27-7-5-4-6-26(27)30(38)35-16-19-40-20-17-35/h4-15,21H,2-3,16-20H2,1H3,(H,33,36)(H,34,37)/b32-21-. The van der Waals surface area contributed by atoms with Gasteiger partial charge in [-0.2, -0.15) is 5.10 Å². The van der Waals surface area contributed by atoms with Gasteiger partial charge in [-0.15, -0.1) is 0 Å². The second-order valence-electron chi connectivity index (χ2n) is 9.29. The highest BCUT2D eigenvalue weighted by Gasteiger charge is 2.23. The first-order valence-corrected chi connectivity index (χ1v) is 13.6. The molecule has 3 aromatic rings. The molecule has 1 aliphatic rings. The predicted octanol–water partition coefficient (Wildman–Crippen LogP) is 3.65. The third-order valence-electron chi connectivity index (χ3n) is 6.24. The molecule has 0 aromatic heterocycles. The van der Waals surface area contributed by atoms with Gasteiger partial charge >= 0.3 is 17.8 Å². The van der Waals surface area contributed by atoms with Crippen molar-refractivity contribution in [3.8, 4) is 11.5 Å². The summed E-state index contributed by atoms with van der Waals surface area (Å²) in [4.78, 5) is 51.7. The molecule has 0 saturated carbocycles. The molecule has 11 heteroatoms. The third kappa shape index (κ3) is 8.48. The molecule has 3 aromatic carbocycles.